The minimum atomic E-state index is -0.0349. The van der Waals surface area contributed by atoms with Crippen LogP contribution in [0, 0.1) is 0 Å². The van der Waals surface area contributed by atoms with Crippen LogP contribution in [-0.2, 0) is 11.2 Å². The first-order valence-electron chi connectivity index (χ1n) is 8.70. The lowest BCUT2D eigenvalue weighted by molar-refractivity contribution is -0.131. The molecule has 0 aliphatic carbocycles. The average molecular weight is 372 g/mol. The molecule has 0 unspecified atom stereocenters. The molecule has 0 radical (unpaired) electrons. The van der Waals surface area contributed by atoms with E-state index in [1.807, 2.05) is 22.4 Å². The minimum absolute atomic E-state index is 0.0349. The largest absolute Gasteiger partial charge is 0.486 e. The van der Waals surface area contributed by atoms with Gasteiger partial charge in [-0.1, -0.05) is 6.07 Å². The number of carbonyl (C=O) groups excluding carboxylic acids is 2. The molecule has 0 N–H and O–H groups in total. The molecular weight excluding hydrogens is 352 g/mol. The van der Waals surface area contributed by atoms with Crippen LogP contribution in [-0.4, -0.2) is 61.0 Å². The van der Waals surface area contributed by atoms with E-state index in [0.717, 1.165) is 4.88 Å². The Bertz CT molecular complexity index is 798. The predicted molar refractivity (Wildman–Crippen MR) is 97.9 cm³/mol. The summed E-state index contributed by atoms with van der Waals surface area (Å²) in [5.74, 6) is 1.38. The van der Waals surface area contributed by atoms with Crippen LogP contribution < -0.4 is 9.47 Å². The fraction of sp³-hybridized carbons (Fsp3) is 0.368. The molecule has 3 heterocycles. The average Bonchev–Trinajstić information content (AvgIpc) is 3.20. The van der Waals surface area contributed by atoms with Crippen molar-refractivity contribution in [2.75, 3.05) is 39.4 Å². The number of fused-ring (bicyclic) bond motifs is 1. The van der Waals surface area contributed by atoms with E-state index in [0.29, 0.717) is 62.9 Å². The van der Waals surface area contributed by atoms with E-state index in [9.17, 15) is 9.59 Å². The van der Waals surface area contributed by atoms with Crippen LogP contribution in [0.4, 0.5) is 0 Å². The normalized spacial score (nSPS) is 16.5. The lowest BCUT2D eigenvalue weighted by Crippen LogP contribution is -2.51. The molecule has 4 rings (SSSR count). The third-order valence-electron chi connectivity index (χ3n) is 4.61. The number of amides is 2. The topological polar surface area (TPSA) is 59.1 Å². The Morgan fingerprint density at radius 2 is 1.69 bits per heavy atom. The zero-order valence-electron chi connectivity index (χ0n) is 14.3. The zero-order valence-corrected chi connectivity index (χ0v) is 15.2. The maximum atomic E-state index is 12.7. The van der Waals surface area contributed by atoms with E-state index in [-0.39, 0.29) is 11.8 Å². The number of hydrogen-bond donors (Lipinski definition) is 0. The molecule has 26 heavy (non-hydrogen) atoms. The number of carbonyl (C=O) groups is 2. The molecule has 0 saturated carbocycles. The highest BCUT2D eigenvalue weighted by molar-refractivity contribution is 7.10. The molecule has 136 valence electrons. The molecule has 2 aromatic rings. The summed E-state index contributed by atoms with van der Waals surface area (Å²) in [6.45, 7) is 3.26. The van der Waals surface area contributed by atoms with Crippen molar-refractivity contribution in [2.24, 2.45) is 0 Å². The monoisotopic (exact) mass is 372 g/mol. The molecule has 0 spiro atoms. The molecule has 1 aromatic heterocycles. The quantitative estimate of drug-likeness (QED) is 0.827. The van der Waals surface area contributed by atoms with Gasteiger partial charge in [-0.2, -0.15) is 0 Å². The van der Waals surface area contributed by atoms with Crippen LogP contribution in [0.3, 0.4) is 0 Å². The molecule has 0 bridgehead atoms. The Hall–Kier alpha value is -2.54. The lowest BCUT2D eigenvalue weighted by atomic mass is 10.1. The Balaban J connectivity index is 1.35. The van der Waals surface area contributed by atoms with E-state index in [1.54, 1.807) is 34.4 Å². The Labute approximate surface area is 155 Å². The fourth-order valence-corrected chi connectivity index (χ4v) is 3.89. The standard InChI is InChI=1S/C19H20N2O4S/c22-18(13-15-2-1-11-26-15)20-5-7-21(8-6-20)19(23)14-3-4-16-17(12-14)25-10-9-24-16/h1-4,11-12H,5-10,13H2. The zero-order chi connectivity index (χ0) is 17.9. The van der Waals surface area contributed by atoms with Gasteiger partial charge in [0.1, 0.15) is 13.2 Å². The Morgan fingerprint density at radius 1 is 0.962 bits per heavy atom. The van der Waals surface area contributed by atoms with Crippen molar-refractivity contribution in [1.29, 1.82) is 0 Å². The van der Waals surface area contributed by atoms with Gasteiger partial charge in [-0.25, -0.2) is 0 Å². The van der Waals surface area contributed by atoms with Crippen LogP contribution in [0.2, 0.25) is 0 Å². The summed E-state index contributed by atoms with van der Waals surface area (Å²) >= 11 is 1.60. The van der Waals surface area contributed by atoms with Gasteiger partial charge in [0.15, 0.2) is 11.5 Å². The molecule has 1 saturated heterocycles. The summed E-state index contributed by atoms with van der Waals surface area (Å²) in [5.41, 5.74) is 0.590. The Kier molecular flexibility index (Phi) is 4.79. The lowest BCUT2D eigenvalue weighted by Gasteiger charge is -2.35. The number of benzene rings is 1. The van der Waals surface area contributed by atoms with Crippen molar-refractivity contribution in [2.45, 2.75) is 6.42 Å². The smallest absolute Gasteiger partial charge is 0.254 e. The van der Waals surface area contributed by atoms with Crippen LogP contribution in [0.5, 0.6) is 11.5 Å². The number of piperazine rings is 1. The molecule has 7 heteroatoms. The van der Waals surface area contributed by atoms with Crippen LogP contribution >= 0.6 is 11.3 Å². The highest BCUT2D eigenvalue weighted by Gasteiger charge is 2.26. The van der Waals surface area contributed by atoms with Gasteiger partial charge in [0, 0.05) is 36.6 Å². The third-order valence-corrected chi connectivity index (χ3v) is 5.49. The maximum absolute atomic E-state index is 12.7. The summed E-state index contributed by atoms with van der Waals surface area (Å²) in [5, 5.41) is 1.98. The Morgan fingerprint density at radius 3 is 2.42 bits per heavy atom. The van der Waals surface area contributed by atoms with E-state index in [4.69, 9.17) is 9.47 Å². The van der Waals surface area contributed by atoms with E-state index in [2.05, 4.69) is 0 Å². The van der Waals surface area contributed by atoms with Crippen molar-refractivity contribution in [3.63, 3.8) is 0 Å². The third kappa shape index (κ3) is 3.53. The SMILES string of the molecule is O=C(Cc1cccs1)N1CCN(C(=O)c2ccc3c(c2)OCCO3)CC1. The van der Waals surface area contributed by atoms with Gasteiger partial charge in [0.25, 0.3) is 5.91 Å². The number of rotatable bonds is 3. The van der Waals surface area contributed by atoms with Gasteiger partial charge < -0.3 is 19.3 Å². The number of ether oxygens (including phenoxy) is 2. The summed E-state index contributed by atoms with van der Waals surface area (Å²) < 4.78 is 11.0. The molecule has 1 aromatic carbocycles. The van der Waals surface area contributed by atoms with Gasteiger partial charge in [0.05, 0.1) is 6.42 Å². The minimum Gasteiger partial charge on any atom is -0.486 e. The number of hydrogen-bond acceptors (Lipinski definition) is 5. The molecule has 1 fully saturated rings. The molecule has 2 aliphatic heterocycles. The summed E-state index contributed by atoms with van der Waals surface area (Å²) in [6, 6.07) is 9.22. The highest BCUT2D eigenvalue weighted by atomic mass is 32.1. The highest BCUT2D eigenvalue weighted by Crippen LogP contribution is 2.31. The first kappa shape index (κ1) is 16.9. The summed E-state index contributed by atoms with van der Waals surface area (Å²) in [7, 11) is 0. The fourth-order valence-electron chi connectivity index (χ4n) is 3.19. The van der Waals surface area contributed by atoms with Crippen molar-refractivity contribution < 1.29 is 19.1 Å². The molecular formula is C19H20N2O4S. The molecule has 2 amide bonds. The summed E-state index contributed by atoms with van der Waals surface area (Å²) in [6.07, 6.45) is 0.438. The van der Waals surface area contributed by atoms with Gasteiger partial charge in [0.2, 0.25) is 5.91 Å². The van der Waals surface area contributed by atoms with Gasteiger partial charge >= 0.3 is 0 Å². The van der Waals surface area contributed by atoms with Crippen LogP contribution in [0.1, 0.15) is 15.2 Å². The van der Waals surface area contributed by atoms with Gasteiger partial charge in [-0.3, -0.25) is 9.59 Å². The van der Waals surface area contributed by atoms with Crippen molar-refractivity contribution >= 4 is 23.2 Å². The second-order valence-electron chi connectivity index (χ2n) is 6.29. The van der Waals surface area contributed by atoms with Crippen LogP contribution in [0.25, 0.3) is 0 Å². The first-order valence-corrected chi connectivity index (χ1v) is 9.58. The van der Waals surface area contributed by atoms with Crippen molar-refractivity contribution in [3.8, 4) is 11.5 Å². The molecule has 0 atom stereocenters. The predicted octanol–water partition coefficient (Wildman–Crippen LogP) is 2.05. The molecule has 2 aliphatic rings. The first-order chi connectivity index (χ1) is 12.7. The van der Waals surface area contributed by atoms with Gasteiger partial charge in [-0.05, 0) is 29.6 Å². The van der Waals surface area contributed by atoms with Gasteiger partial charge in [-0.15, -0.1) is 11.3 Å². The van der Waals surface area contributed by atoms with Crippen molar-refractivity contribution in [1.82, 2.24) is 9.80 Å². The number of thiophene rings is 1. The van der Waals surface area contributed by atoms with E-state index in [1.165, 1.54) is 0 Å². The molecule has 6 nitrogen and oxygen atoms in total. The second-order valence-corrected chi connectivity index (χ2v) is 7.32. The maximum Gasteiger partial charge on any atom is 0.254 e. The number of nitrogens with zero attached hydrogens (tertiary/aromatic N) is 2. The summed E-state index contributed by atoms with van der Waals surface area (Å²) in [4.78, 5) is 29.8. The van der Waals surface area contributed by atoms with Crippen molar-refractivity contribution in [3.05, 3.63) is 46.2 Å². The second kappa shape index (κ2) is 7.37. The van der Waals surface area contributed by atoms with E-state index >= 15 is 0 Å². The van der Waals surface area contributed by atoms with E-state index < -0.39 is 0 Å². The van der Waals surface area contributed by atoms with Crippen LogP contribution in [0.15, 0.2) is 35.7 Å².